The molecule has 1 fully saturated rings. The third kappa shape index (κ3) is 4.69. The SMILES string of the molecule is CCNCc1cc(Br)c(OCC(=O)N(C)C2CC2)c(Br)c1. The molecule has 1 aliphatic carbocycles. The van der Waals surface area contributed by atoms with Crippen molar-refractivity contribution in [1.82, 2.24) is 10.2 Å². The first-order chi connectivity index (χ1) is 10.0. The molecule has 1 aliphatic rings. The molecule has 0 atom stereocenters. The van der Waals surface area contributed by atoms with Gasteiger partial charge in [0.25, 0.3) is 5.91 Å². The van der Waals surface area contributed by atoms with E-state index in [2.05, 4.69) is 44.1 Å². The molecule has 0 bridgehead atoms. The number of ether oxygens (including phenoxy) is 1. The minimum Gasteiger partial charge on any atom is -0.481 e. The van der Waals surface area contributed by atoms with Gasteiger partial charge < -0.3 is 15.0 Å². The lowest BCUT2D eigenvalue weighted by Gasteiger charge is -2.18. The Bertz CT molecular complexity index is 495. The van der Waals surface area contributed by atoms with Gasteiger partial charge in [-0.25, -0.2) is 0 Å². The first-order valence-corrected chi connectivity index (χ1v) is 8.68. The highest BCUT2D eigenvalue weighted by Crippen LogP contribution is 2.35. The Balaban J connectivity index is 1.97. The standard InChI is InChI=1S/C15H20Br2N2O2/c1-3-18-8-10-6-12(16)15(13(17)7-10)21-9-14(20)19(2)11-4-5-11/h6-7,11,18H,3-5,8-9H2,1-2H3. The summed E-state index contributed by atoms with van der Waals surface area (Å²) in [6.45, 7) is 3.87. The number of likely N-dealkylation sites (N-methyl/N-ethyl adjacent to an activating group) is 1. The summed E-state index contributed by atoms with van der Waals surface area (Å²) in [5, 5.41) is 3.28. The molecule has 1 amide bonds. The van der Waals surface area contributed by atoms with E-state index in [0.717, 1.165) is 40.4 Å². The predicted molar refractivity (Wildman–Crippen MR) is 90.5 cm³/mol. The van der Waals surface area contributed by atoms with Crippen LogP contribution in [0.2, 0.25) is 0 Å². The summed E-state index contributed by atoms with van der Waals surface area (Å²) >= 11 is 7.02. The molecule has 2 rings (SSSR count). The quantitative estimate of drug-likeness (QED) is 0.736. The maximum atomic E-state index is 12.0. The van der Waals surface area contributed by atoms with E-state index < -0.39 is 0 Å². The molecule has 0 saturated heterocycles. The number of nitrogens with one attached hydrogen (secondary N) is 1. The Labute approximate surface area is 142 Å². The number of carbonyl (C=O) groups excluding carboxylic acids is 1. The van der Waals surface area contributed by atoms with Gasteiger partial charge in [0.2, 0.25) is 0 Å². The topological polar surface area (TPSA) is 41.6 Å². The third-order valence-electron chi connectivity index (χ3n) is 3.47. The third-order valence-corrected chi connectivity index (χ3v) is 4.64. The van der Waals surface area contributed by atoms with Crippen molar-refractivity contribution >= 4 is 37.8 Å². The van der Waals surface area contributed by atoms with Crippen LogP contribution in [0.15, 0.2) is 21.1 Å². The number of benzene rings is 1. The molecule has 0 aromatic heterocycles. The largest absolute Gasteiger partial charge is 0.481 e. The number of halogens is 2. The summed E-state index contributed by atoms with van der Waals surface area (Å²) in [5.74, 6) is 0.695. The summed E-state index contributed by atoms with van der Waals surface area (Å²) < 4.78 is 7.39. The Morgan fingerprint density at radius 2 is 2.00 bits per heavy atom. The van der Waals surface area contributed by atoms with Crippen LogP contribution in [0.3, 0.4) is 0 Å². The molecule has 4 nitrogen and oxygen atoms in total. The lowest BCUT2D eigenvalue weighted by Crippen LogP contribution is -2.33. The van der Waals surface area contributed by atoms with Gasteiger partial charge in [-0.3, -0.25) is 4.79 Å². The zero-order chi connectivity index (χ0) is 15.4. The fourth-order valence-electron chi connectivity index (χ4n) is 2.02. The number of rotatable bonds is 7. The second kappa shape index (κ2) is 7.61. The maximum Gasteiger partial charge on any atom is 0.260 e. The van der Waals surface area contributed by atoms with E-state index in [9.17, 15) is 4.79 Å². The summed E-state index contributed by atoms with van der Waals surface area (Å²) in [6.07, 6.45) is 2.21. The summed E-state index contributed by atoms with van der Waals surface area (Å²) in [4.78, 5) is 13.8. The van der Waals surface area contributed by atoms with Crippen LogP contribution in [0.1, 0.15) is 25.3 Å². The van der Waals surface area contributed by atoms with E-state index in [1.165, 1.54) is 0 Å². The molecule has 0 aliphatic heterocycles. The zero-order valence-corrected chi connectivity index (χ0v) is 15.5. The molecule has 0 unspecified atom stereocenters. The van der Waals surface area contributed by atoms with Crippen molar-refractivity contribution in [3.8, 4) is 5.75 Å². The highest BCUT2D eigenvalue weighted by Gasteiger charge is 2.29. The fourth-order valence-corrected chi connectivity index (χ4v) is 3.53. The van der Waals surface area contributed by atoms with E-state index in [-0.39, 0.29) is 12.5 Å². The van der Waals surface area contributed by atoms with Crippen LogP contribution in [0.25, 0.3) is 0 Å². The minimum atomic E-state index is 0.0213. The molecule has 1 aromatic rings. The van der Waals surface area contributed by atoms with Gasteiger partial charge in [-0.15, -0.1) is 0 Å². The van der Waals surface area contributed by atoms with Crippen molar-refractivity contribution in [3.05, 3.63) is 26.6 Å². The van der Waals surface area contributed by atoms with Crippen molar-refractivity contribution in [3.63, 3.8) is 0 Å². The van der Waals surface area contributed by atoms with Gasteiger partial charge in [0.1, 0.15) is 5.75 Å². The second-order valence-corrected chi connectivity index (χ2v) is 6.90. The summed E-state index contributed by atoms with van der Waals surface area (Å²) in [5.41, 5.74) is 1.16. The van der Waals surface area contributed by atoms with Gasteiger partial charge in [0.05, 0.1) is 8.95 Å². The Morgan fingerprint density at radius 1 is 1.38 bits per heavy atom. The second-order valence-electron chi connectivity index (χ2n) is 5.19. The number of carbonyl (C=O) groups is 1. The van der Waals surface area contributed by atoms with Gasteiger partial charge in [-0.2, -0.15) is 0 Å². The number of hydrogen-bond acceptors (Lipinski definition) is 3. The monoisotopic (exact) mass is 418 g/mol. The van der Waals surface area contributed by atoms with E-state index in [4.69, 9.17) is 4.74 Å². The van der Waals surface area contributed by atoms with Crippen LogP contribution >= 0.6 is 31.9 Å². The van der Waals surface area contributed by atoms with Crippen molar-refractivity contribution in [2.45, 2.75) is 32.4 Å². The van der Waals surface area contributed by atoms with Gasteiger partial charge in [-0.1, -0.05) is 6.92 Å². The van der Waals surface area contributed by atoms with Crippen molar-refractivity contribution in [1.29, 1.82) is 0 Å². The lowest BCUT2D eigenvalue weighted by molar-refractivity contribution is -0.132. The molecule has 21 heavy (non-hydrogen) atoms. The van der Waals surface area contributed by atoms with Crippen LogP contribution in [-0.2, 0) is 11.3 Å². The highest BCUT2D eigenvalue weighted by atomic mass is 79.9. The van der Waals surface area contributed by atoms with Gasteiger partial charge in [0, 0.05) is 19.6 Å². The maximum absolute atomic E-state index is 12.0. The molecule has 0 spiro atoms. The Hall–Kier alpha value is -0.590. The molecule has 1 N–H and O–H groups in total. The average Bonchev–Trinajstić information content (AvgIpc) is 3.27. The normalized spacial score (nSPS) is 14.1. The van der Waals surface area contributed by atoms with Crippen molar-refractivity contribution in [2.24, 2.45) is 0 Å². The van der Waals surface area contributed by atoms with Crippen molar-refractivity contribution in [2.75, 3.05) is 20.2 Å². The van der Waals surface area contributed by atoms with E-state index in [1.807, 2.05) is 19.2 Å². The van der Waals surface area contributed by atoms with Crippen molar-refractivity contribution < 1.29 is 9.53 Å². The molecule has 0 heterocycles. The van der Waals surface area contributed by atoms with Gasteiger partial charge >= 0.3 is 0 Å². The molecular formula is C15H20Br2N2O2. The molecule has 6 heteroatoms. The molecule has 116 valence electrons. The molecule has 0 radical (unpaired) electrons. The average molecular weight is 420 g/mol. The highest BCUT2D eigenvalue weighted by molar-refractivity contribution is 9.11. The minimum absolute atomic E-state index is 0.0213. The Kier molecular flexibility index (Phi) is 6.08. The molecular weight excluding hydrogens is 400 g/mol. The van der Waals surface area contributed by atoms with Crippen LogP contribution in [-0.4, -0.2) is 37.0 Å². The molecule has 1 aromatic carbocycles. The molecule has 1 saturated carbocycles. The van der Waals surface area contributed by atoms with Crippen LogP contribution < -0.4 is 10.1 Å². The summed E-state index contributed by atoms with van der Waals surface area (Å²) in [7, 11) is 1.84. The zero-order valence-electron chi connectivity index (χ0n) is 12.3. The first-order valence-electron chi connectivity index (χ1n) is 7.10. The van der Waals surface area contributed by atoms with Crippen LogP contribution in [0.5, 0.6) is 5.75 Å². The van der Waals surface area contributed by atoms with E-state index in [0.29, 0.717) is 11.8 Å². The van der Waals surface area contributed by atoms with E-state index in [1.54, 1.807) is 4.90 Å². The summed E-state index contributed by atoms with van der Waals surface area (Å²) in [6, 6.07) is 4.44. The fraction of sp³-hybridized carbons (Fsp3) is 0.533. The number of amides is 1. The smallest absolute Gasteiger partial charge is 0.260 e. The van der Waals surface area contributed by atoms with Gasteiger partial charge in [0.15, 0.2) is 6.61 Å². The van der Waals surface area contributed by atoms with Gasteiger partial charge in [-0.05, 0) is 68.9 Å². The first kappa shape index (κ1) is 16.8. The Morgan fingerprint density at radius 3 is 2.52 bits per heavy atom. The van der Waals surface area contributed by atoms with Crippen LogP contribution in [0, 0.1) is 0 Å². The number of nitrogens with zero attached hydrogens (tertiary/aromatic N) is 1. The number of hydrogen-bond donors (Lipinski definition) is 1. The van der Waals surface area contributed by atoms with E-state index >= 15 is 0 Å². The predicted octanol–water partition coefficient (Wildman–Crippen LogP) is 3.32. The van der Waals surface area contributed by atoms with Crippen LogP contribution in [0.4, 0.5) is 0 Å². The lowest BCUT2D eigenvalue weighted by atomic mass is 10.2.